The molecular weight excluding hydrogens is 290 g/mol. The summed E-state index contributed by atoms with van der Waals surface area (Å²) in [4.78, 5) is 24.5. The number of benzene rings is 1. The van der Waals surface area contributed by atoms with Gasteiger partial charge in [0.2, 0.25) is 6.29 Å². The highest BCUT2D eigenvalue weighted by Crippen LogP contribution is 2.23. The maximum atomic E-state index is 12.0. The van der Waals surface area contributed by atoms with Crippen molar-refractivity contribution in [3.63, 3.8) is 0 Å². The molecular formula is C15H21NO6. The van der Waals surface area contributed by atoms with Crippen LogP contribution in [0.3, 0.4) is 0 Å². The van der Waals surface area contributed by atoms with E-state index in [9.17, 15) is 19.8 Å². The molecule has 2 unspecified atom stereocenters. The lowest BCUT2D eigenvalue weighted by atomic mass is 9.90. The van der Waals surface area contributed by atoms with Gasteiger partial charge in [0.1, 0.15) is 0 Å². The van der Waals surface area contributed by atoms with Gasteiger partial charge in [-0.15, -0.1) is 0 Å². The van der Waals surface area contributed by atoms with E-state index in [0.29, 0.717) is 6.54 Å². The third-order valence-corrected chi connectivity index (χ3v) is 3.22. The quantitative estimate of drug-likeness (QED) is 0.495. The second-order valence-corrected chi connectivity index (χ2v) is 5.69. The minimum atomic E-state index is -1.49. The molecule has 1 aromatic carbocycles. The first kappa shape index (κ1) is 18.1. The van der Waals surface area contributed by atoms with E-state index in [2.05, 4.69) is 0 Å². The highest BCUT2D eigenvalue weighted by atomic mass is 16.6. The molecule has 0 amide bonds. The number of carboxylic acid groups (broad SMARTS) is 1. The summed E-state index contributed by atoms with van der Waals surface area (Å²) < 4.78 is 4.98. The molecule has 0 aliphatic heterocycles. The molecule has 0 bridgehead atoms. The van der Waals surface area contributed by atoms with Gasteiger partial charge in [0, 0.05) is 6.54 Å². The lowest BCUT2D eigenvalue weighted by molar-refractivity contribution is -0.154. The second kappa shape index (κ2) is 7.35. The standard InChI is InChI=1S/C15H21NO6/c1-15(9-17,8-16(2)3)14(21)22-13(20)11-6-4-10(5-7-11)12(18)19/h4-7,14,17,21H,8-9H2,1-3H3,(H,18,19). The van der Waals surface area contributed by atoms with Crippen LogP contribution >= 0.6 is 0 Å². The highest BCUT2D eigenvalue weighted by Gasteiger charge is 2.36. The van der Waals surface area contributed by atoms with Gasteiger partial charge in [-0.1, -0.05) is 6.92 Å². The fourth-order valence-corrected chi connectivity index (χ4v) is 1.99. The summed E-state index contributed by atoms with van der Waals surface area (Å²) in [6.45, 7) is 1.55. The van der Waals surface area contributed by atoms with Crippen LogP contribution in [-0.4, -0.2) is 65.7 Å². The van der Waals surface area contributed by atoms with Crippen LogP contribution in [0.1, 0.15) is 27.6 Å². The normalized spacial score (nSPS) is 15.2. The van der Waals surface area contributed by atoms with Crippen LogP contribution in [0, 0.1) is 5.41 Å². The van der Waals surface area contributed by atoms with E-state index < -0.39 is 23.6 Å². The molecule has 0 saturated carbocycles. The Morgan fingerprint density at radius 3 is 2.14 bits per heavy atom. The van der Waals surface area contributed by atoms with Gasteiger partial charge < -0.3 is 25.0 Å². The first-order valence-corrected chi connectivity index (χ1v) is 6.67. The zero-order chi connectivity index (χ0) is 16.9. The Balaban J connectivity index is 2.80. The summed E-state index contributed by atoms with van der Waals surface area (Å²) in [5.41, 5.74) is -0.862. The lowest BCUT2D eigenvalue weighted by Crippen LogP contribution is -2.46. The Kier molecular flexibility index (Phi) is 6.04. The molecule has 0 radical (unpaired) electrons. The number of aliphatic hydroxyl groups excluding tert-OH is 2. The molecule has 0 aromatic heterocycles. The maximum Gasteiger partial charge on any atom is 0.340 e. The van der Waals surface area contributed by atoms with Crippen molar-refractivity contribution in [2.45, 2.75) is 13.2 Å². The summed E-state index contributed by atoms with van der Waals surface area (Å²) in [6.07, 6.45) is -1.49. The SMILES string of the molecule is CN(C)CC(C)(CO)C(O)OC(=O)c1ccc(C(=O)O)cc1. The topological polar surface area (TPSA) is 107 Å². The van der Waals surface area contributed by atoms with E-state index in [1.165, 1.54) is 24.3 Å². The number of hydrogen-bond donors (Lipinski definition) is 3. The summed E-state index contributed by atoms with van der Waals surface area (Å²) in [6, 6.07) is 5.16. The lowest BCUT2D eigenvalue weighted by Gasteiger charge is -2.34. The zero-order valence-corrected chi connectivity index (χ0v) is 12.8. The minimum Gasteiger partial charge on any atom is -0.478 e. The van der Waals surface area contributed by atoms with Crippen molar-refractivity contribution in [1.82, 2.24) is 4.90 Å². The second-order valence-electron chi connectivity index (χ2n) is 5.69. The molecule has 0 saturated heterocycles. The number of aromatic carboxylic acids is 1. The third-order valence-electron chi connectivity index (χ3n) is 3.22. The van der Waals surface area contributed by atoms with Crippen molar-refractivity contribution in [1.29, 1.82) is 0 Å². The average molecular weight is 311 g/mol. The van der Waals surface area contributed by atoms with Crippen molar-refractivity contribution in [2.24, 2.45) is 5.41 Å². The van der Waals surface area contributed by atoms with Crippen molar-refractivity contribution in [3.8, 4) is 0 Å². The fourth-order valence-electron chi connectivity index (χ4n) is 1.99. The first-order chi connectivity index (χ1) is 10.2. The van der Waals surface area contributed by atoms with Crippen molar-refractivity contribution in [2.75, 3.05) is 27.2 Å². The van der Waals surface area contributed by atoms with Gasteiger partial charge >= 0.3 is 11.9 Å². The number of carboxylic acids is 1. The van der Waals surface area contributed by atoms with Gasteiger partial charge in [-0.3, -0.25) is 0 Å². The molecule has 0 fully saturated rings. The van der Waals surface area contributed by atoms with E-state index in [1.807, 2.05) is 0 Å². The number of rotatable bonds is 7. The average Bonchev–Trinajstić information content (AvgIpc) is 2.46. The van der Waals surface area contributed by atoms with Crippen LogP contribution in [0.2, 0.25) is 0 Å². The molecule has 1 aromatic rings. The molecule has 122 valence electrons. The van der Waals surface area contributed by atoms with Crippen LogP contribution in [0.5, 0.6) is 0 Å². The number of carbonyl (C=O) groups is 2. The first-order valence-electron chi connectivity index (χ1n) is 6.67. The van der Waals surface area contributed by atoms with Gasteiger partial charge in [0.05, 0.1) is 23.1 Å². The monoisotopic (exact) mass is 311 g/mol. The zero-order valence-electron chi connectivity index (χ0n) is 12.8. The number of aliphatic hydroxyl groups is 2. The van der Waals surface area contributed by atoms with Gasteiger partial charge in [-0.25, -0.2) is 9.59 Å². The molecule has 0 aliphatic carbocycles. The van der Waals surface area contributed by atoms with Gasteiger partial charge in [-0.05, 0) is 38.4 Å². The molecule has 7 nitrogen and oxygen atoms in total. The minimum absolute atomic E-state index is 0.0462. The molecule has 7 heteroatoms. The third kappa shape index (κ3) is 4.52. The fraction of sp³-hybridized carbons (Fsp3) is 0.467. The van der Waals surface area contributed by atoms with Gasteiger partial charge in [0.15, 0.2) is 0 Å². The van der Waals surface area contributed by atoms with Crippen molar-refractivity contribution < 1.29 is 29.6 Å². The Morgan fingerprint density at radius 2 is 1.73 bits per heavy atom. The van der Waals surface area contributed by atoms with Crippen LogP contribution in [0.15, 0.2) is 24.3 Å². The molecule has 2 atom stereocenters. The molecule has 0 heterocycles. The van der Waals surface area contributed by atoms with Gasteiger partial charge in [0.25, 0.3) is 0 Å². The van der Waals surface area contributed by atoms with Crippen LogP contribution in [0.4, 0.5) is 0 Å². The van der Waals surface area contributed by atoms with Crippen LogP contribution in [-0.2, 0) is 4.74 Å². The summed E-state index contributed by atoms with van der Waals surface area (Å²) in [5.74, 6) is -1.89. The smallest absolute Gasteiger partial charge is 0.340 e. The molecule has 0 spiro atoms. The Hall–Kier alpha value is -1.96. The number of carbonyl (C=O) groups excluding carboxylic acids is 1. The number of nitrogens with zero attached hydrogens (tertiary/aromatic N) is 1. The molecule has 1 rings (SSSR count). The Labute approximate surface area is 128 Å². The van der Waals surface area contributed by atoms with E-state index >= 15 is 0 Å². The van der Waals surface area contributed by atoms with Crippen molar-refractivity contribution in [3.05, 3.63) is 35.4 Å². The number of esters is 1. The Morgan fingerprint density at radius 1 is 1.23 bits per heavy atom. The molecule has 0 aliphatic rings. The van der Waals surface area contributed by atoms with E-state index in [0.717, 1.165) is 0 Å². The van der Waals surface area contributed by atoms with E-state index in [1.54, 1.807) is 25.9 Å². The maximum absolute atomic E-state index is 12.0. The predicted molar refractivity (Wildman–Crippen MR) is 78.6 cm³/mol. The van der Waals surface area contributed by atoms with Crippen LogP contribution in [0.25, 0.3) is 0 Å². The van der Waals surface area contributed by atoms with Gasteiger partial charge in [-0.2, -0.15) is 0 Å². The van der Waals surface area contributed by atoms with Crippen LogP contribution < -0.4 is 0 Å². The number of ether oxygens (including phenoxy) is 1. The molecule has 3 N–H and O–H groups in total. The summed E-state index contributed by atoms with van der Waals surface area (Å²) in [7, 11) is 3.54. The molecule has 22 heavy (non-hydrogen) atoms. The van der Waals surface area contributed by atoms with E-state index in [-0.39, 0.29) is 17.7 Å². The predicted octanol–water partition coefficient (Wildman–Crippen LogP) is 0.420. The van der Waals surface area contributed by atoms with Crippen molar-refractivity contribution >= 4 is 11.9 Å². The highest BCUT2D eigenvalue weighted by molar-refractivity contribution is 5.92. The largest absolute Gasteiger partial charge is 0.478 e. The van der Waals surface area contributed by atoms with E-state index in [4.69, 9.17) is 9.84 Å². The summed E-state index contributed by atoms with van der Waals surface area (Å²) in [5, 5.41) is 28.3. The number of hydrogen-bond acceptors (Lipinski definition) is 6. The summed E-state index contributed by atoms with van der Waals surface area (Å²) >= 11 is 0. The Bertz CT molecular complexity index is 527.